The Hall–Kier alpha value is -1.18. The minimum Gasteiger partial charge on any atom is -0.490 e. The molecule has 0 bridgehead atoms. The Balaban J connectivity index is 1.92. The van der Waals surface area contributed by atoms with E-state index in [1.807, 2.05) is 0 Å². The maximum absolute atomic E-state index is 6.00. The lowest BCUT2D eigenvalue weighted by Gasteiger charge is -2.13. The second-order valence-electron chi connectivity index (χ2n) is 5.47. The van der Waals surface area contributed by atoms with E-state index in [1.165, 1.54) is 16.8 Å². The van der Waals surface area contributed by atoms with Crippen molar-refractivity contribution >= 4 is 5.69 Å². The van der Waals surface area contributed by atoms with E-state index in [0.29, 0.717) is 18.1 Å². The van der Waals surface area contributed by atoms with Crippen LogP contribution in [0.15, 0.2) is 12.1 Å². The molecule has 86 valence electrons. The third kappa shape index (κ3) is 1.48. The van der Waals surface area contributed by atoms with E-state index in [1.54, 1.807) is 0 Å². The summed E-state index contributed by atoms with van der Waals surface area (Å²) in [7, 11) is 0. The highest BCUT2D eigenvalue weighted by atomic mass is 16.5. The lowest BCUT2D eigenvalue weighted by Crippen LogP contribution is -2.19. The molecular formula is C14H19NO. The number of ether oxygens (including phenoxy) is 1. The molecule has 0 saturated heterocycles. The van der Waals surface area contributed by atoms with Crippen molar-refractivity contribution in [3.63, 3.8) is 0 Å². The fraction of sp³-hybridized carbons (Fsp3) is 0.571. The Bertz CT molecular complexity index is 390. The predicted molar refractivity (Wildman–Crippen MR) is 66.2 cm³/mol. The predicted octanol–water partition coefficient (Wildman–Crippen LogP) is 3.00. The molecule has 2 aliphatic heterocycles. The maximum Gasteiger partial charge on any atom is 0.123 e. The smallest absolute Gasteiger partial charge is 0.123 e. The first-order valence-electron chi connectivity index (χ1n) is 6.22. The molecule has 1 aromatic carbocycles. The van der Waals surface area contributed by atoms with Crippen LogP contribution in [0.2, 0.25) is 0 Å². The molecule has 1 N–H and O–H groups in total. The van der Waals surface area contributed by atoms with Gasteiger partial charge in [0.25, 0.3) is 0 Å². The first kappa shape index (κ1) is 10.0. The summed E-state index contributed by atoms with van der Waals surface area (Å²) in [5.74, 6) is 1.71. The number of nitrogens with one attached hydrogen (secondary N) is 1. The molecule has 2 nitrogen and oxygen atoms in total. The Morgan fingerprint density at radius 2 is 2.06 bits per heavy atom. The summed E-state index contributed by atoms with van der Waals surface area (Å²) in [5.41, 5.74) is 4.11. The summed E-state index contributed by atoms with van der Waals surface area (Å²) in [6.07, 6.45) is 2.56. The third-order valence-corrected chi connectivity index (χ3v) is 3.66. The van der Waals surface area contributed by atoms with E-state index >= 15 is 0 Å². The molecular weight excluding hydrogens is 198 g/mol. The SMILES string of the molecule is CC1Cc2cc3c(cc2N1)CC(C(C)C)O3. The van der Waals surface area contributed by atoms with Gasteiger partial charge in [0.05, 0.1) is 0 Å². The minimum atomic E-state index is 0.370. The van der Waals surface area contributed by atoms with Crippen molar-refractivity contribution in [3.8, 4) is 5.75 Å². The van der Waals surface area contributed by atoms with Gasteiger partial charge in [0.2, 0.25) is 0 Å². The van der Waals surface area contributed by atoms with Crippen LogP contribution in [0, 0.1) is 5.92 Å². The molecule has 0 radical (unpaired) electrons. The van der Waals surface area contributed by atoms with Crippen LogP contribution in [0.1, 0.15) is 31.9 Å². The highest BCUT2D eigenvalue weighted by Crippen LogP contribution is 2.38. The van der Waals surface area contributed by atoms with Crippen LogP contribution in [0.25, 0.3) is 0 Å². The van der Waals surface area contributed by atoms with E-state index in [9.17, 15) is 0 Å². The van der Waals surface area contributed by atoms with Crippen LogP contribution in [-0.2, 0) is 12.8 Å². The third-order valence-electron chi connectivity index (χ3n) is 3.66. The topological polar surface area (TPSA) is 21.3 Å². The minimum absolute atomic E-state index is 0.370. The number of anilines is 1. The lowest BCUT2D eigenvalue weighted by atomic mass is 10.00. The van der Waals surface area contributed by atoms with Crippen molar-refractivity contribution in [2.75, 3.05) is 5.32 Å². The molecule has 0 fully saturated rings. The van der Waals surface area contributed by atoms with Gasteiger partial charge in [-0.15, -0.1) is 0 Å². The first-order valence-corrected chi connectivity index (χ1v) is 6.22. The van der Waals surface area contributed by atoms with Crippen molar-refractivity contribution in [1.82, 2.24) is 0 Å². The molecule has 2 unspecified atom stereocenters. The van der Waals surface area contributed by atoms with Gasteiger partial charge in [-0.2, -0.15) is 0 Å². The summed E-state index contributed by atoms with van der Waals surface area (Å²) in [5, 5.41) is 3.52. The highest BCUT2D eigenvalue weighted by Gasteiger charge is 2.28. The van der Waals surface area contributed by atoms with Gasteiger partial charge >= 0.3 is 0 Å². The monoisotopic (exact) mass is 217 g/mol. The number of benzene rings is 1. The second kappa shape index (κ2) is 3.41. The Morgan fingerprint density at radius 1 is 1.25 bits per heavy atom. The molecule has 2 heterocycles. The van der Waals surface area contributed by atoms with Crippen LogP contribution in [-0.4, -0.2) is 12.1 Å². The number of fused-ring (bicyclic) bond motifs is 2. The zero-order chi connectivity index (χ0) is 11.3. The van der Waals surface area contributed by atoms with Crippen molar-refractivity contribution in [2.45, 2.75) is 45.8 Å². The van der Waals surface area contributed by atoms with E-state index in [-0.39, 0.29) is 0 Å². The molecule has 1 aromatic rings. The van der Waals surface area contributed by atoms with Crippen molar-refractivity contribution in [3.05, 3.63) is 23.3 Å². The van der Waals surface area contributed by atoms with Crippen molar-refractivity contribution in [1.29, 1.82) is 0 Å². The van der Waals surface area contributed by atoms with Crippen molar-refractivity contribution < 1.29 is 4.74 Å². The molecule has 16 heavy (non-hydrogen) atoms. The maximum atomic E-state index is 6.00. The van der Waals surface area contributed by atoms with E-state index in [0.717, 1.165) is 18.6 Å². The number of rotatable bonds is 1. The molecule has 2 aliphatic rings. The highest BCUT2D eigenvalue weighted by molar-refractivity contribution is 5.62. The van der Waals surface area contributed by atoms with Gasteiger partial charge in [0.1, 0.15) is 11.9 Å². The average Bonchev–Trinajstić information content (AvgIpc) is 2.74. The van der Waals surface area contributed by atoms with Crippen LogP contribution in [0.5, 0.6) is 5.75 Å². The lowest BCUT2D eigenvalue weighted by molar-refractivity contribution is 0.178. The Labute approximate surface area is 97.0 Å². The van der Waals surface area contributed by atoms with E-state index in [2.05, 4.69) is 38.2 Å². The Morgan fingerprint density at radius 3 is 2.81 bits per heavy atom. The van der Waals surface area contributed by atoms with Gasteiger partial charge in [0.15, 0.2) is 0 Å². The van der Waals surface area contributed by atoms with Gasteiger partial charge in [-0.05, 0) is 42.5 Å². The van der Waals surface area contributed by atoms with Crippen LogP contribution in [0.4, 0.5) is 5.69 Å². The molecule has 0 saturated carbocycles. The Kier molecular flexibility index (Phi) is 2.13. The fourth-order valence-electron chi connectivity index (χ4n) is 2.68. The number of hydrogen-bond acceptors (Lipinski definition) is 2. The zero-order valence-electron chi connectivity index (χ0n) is 10.2. The largest absolute Gasteiger partial charge is 0.490 e. The van der Waals surface area contributed by atoms with Gasteiger partial charge in [0, 0.05) is 18.2 Å². The molecule has 0 spiro atoms. The fourth-order valence-corrected chi connectivity index (χ4v) is 2.68. The average molecular weight is 217 g/mol. The molecule has 0 amide bonds. The normalized spacial score (nSPS) is 26.2. The quantitative estimate of drug-likeness (QED) is 0.780. The molecule has 0 aromatic heterocycles. The molecule has 3 rings (SSSR count). The van der Waals surface area contributed by atoms with Gasteiger partial charge in [-0.25, -0.2) is 0 Å². The standard InChI is InChI=1S/C14H19NO/c1-8(2)13-7-11-5-12-10(4-9(3)15-12)6-14(11)16-13/h5-6,8-9,13,15H,4,7H2,1-3H3. The molecule has 0 aliphatic carbocycles. The summed E-state index contributed by atoms with van der Waals surface area (Å²) in [4.78, 5) is 0. The summed E-state index contributed by atoms with van der Waals surface area (Å²) >= 11 is 0. The van der Waals surface area contributed by atoms with Crippen molar-refractivity contribution in [2.24, 2.45) is 5.92 Å². The zero-order valence-corrected chi connectivity index (χ0v) is 10.2. The summed E-state index contributed by atoms with van der Waals surface area (Å²) in [6.45, 7) is 6.68. The van der Waals surface area contributed by atoms with Gasteiger partial charge < -0.3 is 10.1 Å². The van der Waals surface area contributed by atoms with Gasteiger partial charge in [-0.3, -0.25) is 0 Å². The van der Waals surface area contributed by atoms with Crippen LogP contribution >= 0.6 is 0 Å². The van der Waals surface area contributed by atoms with Crippen LogP contribution < -0.4 is 10.1 Å². The van der Waals surface area contributed by atoms with Crippen LogP contribution in [0.3, 0.4) is 0 Å². The molecule has 2 heteroatoms. The summed E-state index contributed by atoms with van der Waals surface area (Å²) in [6, 6.07) is 5.10. The number of hydrogen-bond donors (Lipinski definition) is 1. The van der Waals surface area contributed by atoms with E-state index < -0.39 is 0 Å². The van der Waals surface area contributed by atoms with Gasteiger partial charge in [-0.1, -0.05) is 13.8 Å². The first-order chi connectivity index (χ1) is 7.63. The second-order valence-corrected chi connectivity index (χ2v) is 5.47. The molecule has 2 atom stereocenters. The van der Waals surface area contributed by atoms with E-state index in [4.69, 9.17) is 4.74 Å². The summed E-state index contributed by atoms with van der Waals surface area (Å²) < 4.78 is 6.00.